The van der Waals surface area contributed by atoms with Crippen molar-refractivity contribution in [3.8, 4) is 0 Å². The zero-order valence-corrected chi connectivity index (χ0v) is 21.0. The van der Waals surface area contributed by atoms with Crippen molar-refractivity contribution in [2.75, 3.05) is 13.2 Å². The molecule has 4 aromatic rings. The Morgan fingerprint density at radius 2 is 1.89 bits per heavy atom. The molecule has 5 aliphatic rings. The number of carbonyl (C=O) groups is 1. The normalized spacial score (nSPS) is 18.3. The van der Waals surface area contributed by atoms with Crippen molar-refractivity contribution in [2.24, 2.45) is 0 Å². The van der Waals surface area contributed by atoms with Crippen LogP contribution in [0.1, 0.15) is 69.4 Å². The third-order valence-electron chi connectivity index (χ3n) is 7.83. The number of nitrogens with zero attached hydrogens (tertiary/aromatic N) is 4. The molecule has 6 heteroatoms. The van der Waals surface area contributed by atoms with Crippen LogP contribution in [0.2, 0.25) is 0 Å². The van der Waals surface area contributed by atoms with Gasteiger partial charge in [-0.2, -0.15) is 0 Å². The van der Waals surface area contributed by atoms with E-state index in [9.17, 15) is 4.79 Å². The maximum Gasteiger partial charge on any atom is 0.254 e. The number of aromatic nitrogens is 3. The molecule has 1 atom stereocenters. The lowest BCUT2D eigenvalue weighted by atomic mass is 9.84. The number of hydrogen-bond donors (Lipinski definition) is 0. The SMILES string of the molecule is CCC1c2ccc3c(c2)CN(CC3)C(=O)c2ccc(cc2)COCCCn2nnc3c(C)c1ccc32. The fourth-order valence-corrected chi connectivity index (χ4v) is 5.76. The van der Waals surface area contributed by atoms with Crippen molar-refractivity contribution >= 4 is 16.9 Å². The molecule has 9 bridgehead atoms. The molecule has 0 fully saturated rings. The van der Waals surface area contributed by atoms with Crippen LogP contribution in [-0.2, 0) is 30.9 Å². The zero-order valence-electron chi connectivity index (χ0n) is 21.0. The van der Waals surface area contributed by atoms with Gasteiger partial charge in [0.25, 0.3) is 5.91 Å². The first-order chi connectivity index (χ1) is 17.6. The van der Waals surface area contributed by atoms with Gasteiger partial charge in [0.15, 0.2) is 0 Å². The second kappa shape index (κ2) is 9.51. The smallest absolute Gasteiger partial charge is 0.254 e. The number of carbonyl (C=O) groups excluding carboxylic acids is 1. The van der Waals surface area contributed by atoms with Crippen LogP contribution in [0.5, 0.6) is 0 Å². The molecule has 0 saturated heterocycles. The number of aryl methyl sites for hydroxylation is 2. The largest absolute Gasteiger partial charge is 0.377 e. The Hall–Kier alpha value is -3.51. The standard InChI is InChI=1S/C30H32N4O2/c1-3-26-24-10-9-22-13-15-33(18-25(22)17-24)30(35)23-7-5-21(6-8-23)19-36-16-4-14-34-28-12-11-27(26)20(2)29(28)31-32-34/h5-12,17,26H,3-4,13-16,18-19H2,1-2H3. The van der Waals surface area contributed by atoms with Crippen LogP contribution < -0.4 is 0 Å². The van der Waals surface area contributed by atoms with E-state index in [0.717, 1.165) is 54.5 Å². The van der Waals surface area contributed by atoms with Crippen molar-refractivity contribution in [3.63, 3.8) is 0 Å². The van der Waals surface area contributed by atoms with Crippen LogP contribution in [0.25, 0.3) is 11.0 Å². The molecule has 0 radical (unpaired) electrons. The van der Waals surface area contributed by atoms with Crippen molar-refractivity contribution in [3.05, 3.63) is 93.5 Å². The van der Waals surface area contributed by atoms with Gasteiger partial charge in [-0.25, -0.2) is 4.68 Å². The number of benzene rings is 3. The van der Waals surface area contributed by atoms with Gasteiger partial charge in [0.2, 0.25) is 0 Å². The molecule has 0 aliphatic carbocycles. The third kappa shape index (κ3) is 4.09. The van der Waals surface area contributed by atoms with Crippen LogP contribution in [0.15, 0.2) is 54.6 Å². The predicted octanol–water partition coefficient (Wildman–Crippen LogP) is 5.40. The summed E-state index contributed by atoms with van der Waals surface area (Å²) < 4.78 is 7.90. The first-order valence-electron chi connectivity index (χ1n) is 13.0. The van der Waals surface area contributed by atoms with E-state index in [4.69, 9.17) is 4.74 Å². The monoisotopic (exact) mass is 480 g/mol. The maximum absolute atomic E-state index is 13.3. The average molecular weight is 481 g/mol. The quantitative estimate of drug-likeness (QED) is 0.366. The molecule has 5 aliphatic heterocycles. The Morgan fingerprint density at radius 3 is 2.72 bits per heavy atom. The van der Waals surface area contributed by atoms with Gasteiger partial charge in [0, 0.05) is 37.7 Å². The highest BCUT2D eigenvalue weighted by Gasteiger charge is 2.24. The van der Waals surface area contributed by atoms with Gasteiger partial charge in [-0.05, 0) is 77.8 Å². The Labute approximate surface area is 211 Å². The van der Waals surface area contributed by atoms with E-state index in [-0.39, 0.29) is 11.8 Å². The summed E-state index contributed by atoms with van der Waals surface area (Å²) in [6.07, 6.45) is 2.74. The molecule has 1 aromatic heterocycles. The van der Waals surface area contributed by atoms with Gasteiger partial charge in [0.05, 0.1) is 12.1 Å². The summed E-state index contributed by atoms with van der Waals surface area (Å²) in [5.41, 5.74) is 10.3. The number of ether oxygens (including phenoxy) is 1. The van der Waals surface area contributed by atoms with Gasteiger partial charge in [-0.1, -0.05) is 48.5 Å². The van der Waals surface area contributed by atoms with Crippen LogP contribution in [-0.4, -0.2) is 39.0 Å². The minimum Gasteiger partial charge on any atom is -0.377 e. The van der Waals surface area contributed by atoms with Crippen molar-refractivity contribution in [1.82, 2.24) is 19.9 Å². The van der Waals surface area contributed by atoms with Gasteiger partial charge in [0.1, 0.15) is 5.52 Å². The molecule has 6 heterocycles. The van der Waals surface area contributed by atoms with E-state index < -0.39 is 0 Å². The third-order valence-corrected chi connectivity index (χ3v) is 7.83. The molecule has 184 valence electrons. The predicted molar refractivity (Wildman–Crippen MR) is 140 cm³/mol. The molecular weight excluding hydrogens is 448 g/mol. The molecule has 1 unspecified atom stereocenters. The fourth-order valence-electron chi connectivity index (χ4n) is 5.76. The lowest BCUT2D eigenvalue weighted by Gasteiger charge is -2.30. The Morgan fingerprint density at radius 1 is 1.03 bits per heavy atom. The number of amides is 1. The highest BCUT2D eigenvalue weighted by Crippen LogP contribution is 2.35. The van der Waals surface area contributed by atoms with Crippen LogP contribution in [0.3, 0.4) is 0 Å². The van der Waals surface area contributed by atoms with E-state index in [1.54, 1.807) is 0 Å². The summed E-state index contributed by atoms with van der Waals surface area (Å²) in [6, 6.07) is 19.2. The molecule has 36 heavy (non-hydrogen) atoms. The van der Waals surface area contributed by atoms with E-state index in [1.165, 1.54) is 27.8 Å². The second-order valence-electron chi connectivity index (χ2n) is 10.0. The topological polar surface area (TPSA) is 60.2 Å². The van der Waals surface area contributed by atoms with Crippen molar-refractivity contribution in [1.29, 1.82) is 0 Å². The fraction of sp³-hybridized carbons (Fsp3) is 0.367. The van der Waals surface area contributed by atoms with Gasteiger partial charge < -0.3 is 9.64 Å². The van der Waals surface area contributed by atoms with Gasteiger partial charge in [-0.3, -0.25) is 4.79 Å². The van der Waals surface area contributed by atoms with E-state index >= 15 is 0 Å². The summed E-state index contributed by atoms with van der Waals surface area (Å²) in [7, 11) is 0. The lowest BCUT2D eigenvalue weighted by molar-refractivity contribution is 0.0734. The van der Waals surface area contributed by atoms with Crippen molar-refractivity contribution < 1.29 is 9.53 Å². The van der Waals surface area contributed by atoms with Crippen LogP contribution in [0, 0.1) is 6.92 Å². The molecule has 9 rings (SSSR count). The molecule has 0 spiro atoms. The molecule has 0 N–H and O–H groups in total. The molecule has 0 saturated carbocycles. The Balaban J connectivity index is 1.42. The Bertz CT molecular complexity index is 1420. The highest BCUT2D eigenvalue weighted by atomic mass is 16.5. The van der Waals surface area contributed by atoms with Gasteiger partial charge in [-0.15, -0.1) is 5.10 Å². The summed E-state index contributed by atoms with van der Waals surface area (Å²) in [5.74, 6) is 0.367. The summed E-state index contributed by atoms with van der Waals surface area (Å²) in [4.78, 5) is 15.3. The van der Waals surface area contributed by atoms with Crippen molar-refractivity contribution in [2.45, 2.75) is 58.7 Å². The van der Waals surface area contributed by atoms with E-state index in [2.05, 4.69) is 54.5 Å². The van der Waals surface area contributed by atoms with Crippen LogP contribution >= 0.6 is 0 Å². The second-order valence-corrected chi connectivity index (χ2v) is 10.0. The zero-order chi connectivity index (χ0) is 24.6. The maximum atomic E-state index is 13.3. The summed E-state index contributed by atoms with van der Waals surface area (Å²) in [5, 5.41) is 9.02. The van der Waals surface area contributed by atoms with Crippen LogP contribution in [0.4, 0.5) is 0 Å². The number of hydrogen-bond acceptors (Lipinski definition) is 4. The van der Waals surface area contributed by atoms with E-state index in [0.29, 0.717) is 19.8 Å². The molecular formula is C30H32N4O2. The summed E-state index contributed by atoms with van der Waals surface area (Å²) in [6.45, 7) is 7.75. The first kappa shape index (κ1) is 22.9. The lowest BCUT2D eigenvalue weighted by Crippen LogP contribution is -2.36. The Kier molecular flexibility index (Phi) is 6.05. The van der Waals surface area contributed by atoms with E-state index in [1.807, 2.05) is 33.8 Å². The minimum atomic E-state index is 0.0973. The molecule has 3 aromatic carbocycles. The minimum absolute atomic E-state index is 0.0973. The molecule has 1 amide bonds. The molecule has 6 nitrogen and oxygen atoms in total. The van der Waals surface area contributed by atoms with Gasteiger partial charge >= 0.3 is 0 Å². The highest BCUT2D eigenvalue weighted by molar-refractivity contribution is 5.94. The number of rotatable bonds is 1. The average Bonchev–Trinajstić information content (AvgIpc) is 3.33. The summed E-state index contributed by atoms with van der Waals surface area (Å²) >= 11 is 0. The first-order valence-corrected chi connectivity index (χ1v) is 13.0.